The Morgan fingerprint density at radius 1 is 0.553 bits per heavy atom. The van der Waals surface area contributed by atoms with Crippen LogP contribution in [0, 0.1) is 5.92 Å². The number of hydrogen-bond donors (Lipinski definition) is 0. The molecule has 8 heteroatoms. The van der Waals surface area contributed by atoms with Gasteiger partial charge in [-0.15, -0.1) is 0 Å². The van der Waals surface area contributed by atoms with Gasteiger partial charge in [0, 0.05) is 52.2 Å². The standard InChI is InChI=1S/C21H42O4.C18H38O4/c1-5-8-9-10-11-12-14-19(21(4,24-6-2)25-7-3)15-13-16-22-17-20-18-23-20;1-6-11-12-13-14-15-16-17(19-7-2)18(20-8-3,21-9-4)22-10-5/h19-20H,5-18H2,1-4H3;17H,6-16H2,1-5H3. The van der Waals surface area contributed by atoms with Gasteiger partial charge in [0.2, 0.25) is 0 Å². The fourth-order valence-corrected chi connectivity index (χ4v) is 6.18. The van der Waals surface area contributed by atoms with Gasteiger partial charge in [-0.3, -0.25) is 0 Å². The molecule has 47 heavy (non-hydrogen) atoms. The van der Waals surface area contributed by atoms with Gasteiger partial charge in [-0.05, 0) is 74.1 Å². The van der Waals surface area contributed by atoms with Gasteiger partial charge in [-0.2, -0.15) is 0 Å². The maximum absolute atomic E-state index is 6.05. The summed E-state index contributed by atoms with van der Waals surface area (Å²) < 4.78 is 46.5. The topological polar surface area (TPSA) is 77.1 Å². The summed E-state index contributed by atoms with van der Waals surface area (Å²) in [5.74, 6) is -1.09. The van der Waals surface area contributed by atoms with E-state index < -0.39 is 11.8 Å². The average Bonchev–Trinajstić information content (AvgIpc) is 3.88. The van der Waals surface area contributed by atoms with Crippen LogP contribution >= 0.6 is 0 Å². The second-order valence-electron chi connectivity index (χ2n) is 12.7. The van der Waals surface area contributed by atoms with Crippen molar-refractivity contribution in [3.05, 3.63) is 0 Å². The molecule has 0 aromatic rings. The van der Waals surface area contributed by atoms with E-state index in [4.69, 9.17) is 37.9 Å². The first kappa shape index (κ1) is 46.7. The maximum Gasteiger partial charge on any atom is 0.310 e. The molecular formula is C39H80O8. The first-order valence-electron chi connectivity index (χ1n) is 19.9. The van der Waals surface area contributed by atoms with E-state index in [1.165, 1.54) is 77.0 Å². The van der Waals surface area contributed by atoms with Crippen LogP contribution < -0.4 is 0 Å². The molecule has 0 aliphatic carbocycles. The molecule has 1 saturated heterocycles. The second-order valence-corrected chi connectivity index (χ2v) is 12.7. The predicted molar refractivity (Wildman–Crippen MR) is 194 cm³/mol. The fourth-order valence-electron chi connectivity index (χ4n) is 6.18. The van der Waals surface area contributed by atoms with E-state index in [1.54, 1.807) is 0 Å². The van der Waals surface area contributed by atoms with Crippen molar-refractivity contribution >= 4 is 0 Å². The Labute approximate surface area is 292 Å². The summed E-state index contributed by atoms with van der Waals surface area (Å²) in [4.78, 5) is 0. The van der Waals surface area contributed by atoms with E-state index in [2.05, 4.69) is 34.6 Å². The molecule has 3 unspecified atom stereocenters. The number of unbranched alkanes of at least 4 members (excludes halogenated alkanes) is 10. The second kappa shape index (κ2) is 31.6. The number of epoxide rings is 1. The Balaban J connectivity index is 0.000000909. The maximum atomic E-state index is 6.05. The molecule has 8 nitrogen and oxygen atoms in total. The van der Waals surface area contributed by atoms with Gasteiger partial charge in [0.05, 0.1) is 13.2 Å². The first-order valence-corrected chi connectivity index (χ1v) is 19.9. The van der Waals surface area contributed by atoms with Crippen LogP contribution in [0.2, 0.25) is 0 Å². The molecule has 0 aromatic carbocycles. The van der Waals surface area contributed by atoms with Crippen LogP contribution in [-0.2, 0) is 37.9 Å². The first-order chi connectivity index (χ1) is 22.9. The van der Waals surface area contributed by atoms with Crippen LogP contribution in [0.3, 0.4) is 0 Å². The Kier molecular flexibility index (Phi) is 31.4. The Morgan fingerprint density at radius 3 is 1.45 bits per heavy atom. The van der Waals surface area contributed by atoms with E-state index in [0.29, 0.717) is 51.7 Å². The van der Waals surface area contributed by atoms with E-state index >= 15 is 0 Å². The predicted octanol–water partition coefficient (Wildman–Crippen LogP) is 10.2. The molecular weight excluding hydrogens is 596 g/mol. The minimum absolute atomic E-state index is 0.177. The molecule has 0 aromatic heterocycles. The summed E-state index contributed by atoms with van der Waals surface area (Å²) in [5.41, 5.74) is 0. The highest BCUT2D eigenvalue weighted by Gasteiger charge is 2.42. The van der Waals surface area contributed by atoms with E-state index in [1.807, 2.05) is 27.7 Å². The molecule has 1 aliphatic rings. The van der Waals surface area contributed by atoms with Crippen molar-refractivity contribution in [1.29, 1.82) is 0 Å². The quantitative estimate of drug-likeness (QED) is 0.0379. The van der Waals surface area contributed by atoms with Crippen LogP contribution in [0.5, 0.6) is 0 Å². The highest BCUT2D eigenvalue weighted by atomic mass is 16.9. The van der Waals surface area contributed by atoms with Crippen LogP contribution in [-0.4, -0.2) is 83.4 Å². The average molecular weight is 677 g/mol. The third kappa shape index (κ3) is 22.9. The smallest absolute Gasteiger partial charge is 0.310 e. The Hall–Kier alpha value is -0.320. The zero-order chi connectivity index (χ0) is 35.1. The van der Waals surface area contributed by atoms with Gasteiger partial charge < -0.3 is 37.9 Å². The number of rotatable bonds is 34. The molecule has 284 valence electrons. The fraction of sp³-hybridized carbons (Fsp3) is 1.00. The number of ether oxygens (including phenoxy) is 8. The molecule has 1 fully saturated rings. The van der Waals surface area contributed by atoms with Crippen LogP contribution in [0.1, 0.15) is 165 Å². The van der Waals surface area contributed by atoms with Crippen molar-refractivity contribution in [2.24, 2.45) is 5.92 Å². The minimum atomic E-state index is -1.06. The lowest BCUT2D eigenvalue weighted by Crippen LogP contribution is -2.51. The van der Waals surface area contributed by atoms with Crippen LogP contribution in [0.15, 0.2) is 0 Å². The molecule has 0 spiro atoms. The lowest BCUT2D eigenvalue weighted by atomic mass is 9.88. The molecule has 0 radical (unpaired) electrons. The van der Waals surface area contributed by atoms with Gasteiger partial charge >= 0.3 is 5.97 Å². The minimum Gasteiger partial charge on any atom is -0.379 e. The largest absolute Gasteiger partial charge is 0.379 e. The summed E-state index contributed by atoms with van der Waals surface area (Å²) >= 11 is 0. The molecule has 1 aliphatic heterocycles. The SMILES string of the molecule is CCCCCCCCC(CCCOCC1CO1)C(C)(OCC)OCC.CCCCCCCCC(OCC)C(OCC)(OCC)OCC. The lowest BCUT2D eigenvalue weighted by molar-refractivity contribution is -0.415. The zero-order valence-electron chi connectivity index (χ0n) is 32.7. The molecule has 0 bridgehead atoms. The lowest BCUT2D eigenvalue weighted by Gasteiger charge is -2.38. The number of hydrogen-bond acceptors (Lipinski definition) is 8. The Morgan fingerprint density at radius 2 is 1.00 bits per heavy atom. The van der Waals surface area contributed by atoms with Crippen molar-refractivity contribution in [3.8, 4) is 0 Å². The van der Waals surface area contributed by atoms with Gasteiger partial charge in [-0.1, -0.05) is 90.9 Å². The van der Waals surface area contributed by atoms with Crippen molar-refractivity contribution in [1.82, 2.24) is 0 Å². The monoisotopic (exact) mass is 677 g/mol. The van der Waals surface area contributed by atoms with E-state index in [9.17, 15) is 0 Å². The van der Waals surface area contributed by atoms with Gasteiger partial charge in [0.25, 0.3) is 0 Å². The Bertz CT molecular complexity index is 621. The highest BCUT2D eigenvalue weighted by Crippen LogP contribution is 2.33. The summed E-state index contributed by atoms with van der Waals surface area (Å²) in [6, 6.07) is 0. The summed E-state index contributed by atoms with van der Waals surface area (Å²) in [6.45, 7) is 24.7. The third-order valence-corrected chi connectivity index (χ3v) is 8.68. The van der Waals surface area contributed by atoms with Crippen molar-refractivity contribution in [3.63, 3.8) is 0 Å². The van der Waals surface area contributed by atoms with Gasteiger partial charge in [-0.25, -0.2) is 0 Å². The summed E-state index contributed by atoms with van der Waals surface area (Å²) in [5, 5.41) is 0. The van der Waals surface area contributed by atoms with E-state index in [-0.39, 0.29) is 6.10 Å². The van der Waals surface area contributed by atoms with E-state index in [0.717, 1.165) is 45.5 Å². The molecule has 3 atom stereocenters. The molecule has 1 rings (SSSR count). The van der Waals surface area contributed by atoms with Gasteiger partial charge in [0.1, 0.15) is 12.2 Å². The molecule has 1 heterocycles. The highest BCUT2D eigenvalue weighted by molar-refractivity contribution is 4.77. The normalized spacial score (nSPS) is 16.1. The van der Waals surface area contributed by atoms with Crippen molar-refractivity contribution in [2.45, 2.75) is 189 Å². The van der Waals surface area contributed by atoms with Crippen molar-refractivity contribution in [2.75, 3.05) is 59.5 Å². The molecule has 0 amide bonds. The van der Waals surface area contributed by atoms with Crippen LogP contribution in [0.4, 0.5) is 0 Å². The van der Waals surface area contributed by atoms with Gasteiger partial charge in [0.15, 0.2) is 5.79 Å². The summed E-state index contributed by atoms with van der Waals surface area (Å²) in [7, 11) is 0. The summed E-state index contributed by atoms with van der Waals surface area (Å²) in [6.07, 6.45) is 19.9. The third-order valence-electron chi connectivity index (χ3n) is 8.68. The molecule has 0 saturated carbocycles. The van der Waals surface area contributed by atoms with Crippen molar-refractivity contribution < 1.29 is 37.9 Å². The zero-order valence-corrected chi connectivity index (χ0v) is 32.7. The van der Waals surface area contributed by atoms with Crippen LogP contribution in [0.25, 0.3) is 0 Å². The molecule has 0 N–H and O–H groups in total.